The number of fused-ring (bicyclic) bond motifs is 1. The molecule has 112 valence electrons. The number of benzene rings is 2. The zero-order valence-electron chi connectivity index (χ0n) is 13.2. The lowest BCUT2D eigenvalue weighted by molar-refractivity contribution is 0.653. The Morgan fingerprint density at radius 2 is 1.95 bits per heavy atom. The zero-order chi connectivity index (χ0) is 15.5. The first-order valence-electron chi connectivity index (χ1n) is 7.70. The van der Waals surface area contributed by atoms with Gasteiger partial charge < -0.3 is 0 Å². The summed E-state index contributed by atoms with van der Waals surface area (Å²) in [5.74, 6) is 0. The lowest BCUT2D eigenvalue weighted by atomic mass is 9.97. The molecule has 22 heavy (non-hydrogen) atoms. The highest BCUT2D eigenvalue weighted by atomic mass is 15.4. The van der Waals surface area contributed by atoms with Crippen molar-refractivity contribution in [2.45, 2.75) is 33.2 Å². The Bertz CT molecular complexity index is 814. The molecule has 3 rings (SSSR count). The summed E-state index contributed by atoms with van der Waals surface area (Å²) in [4.78, 5) is 0. The molecule has 1 heterocycles. The molecule has 3 nitrogen and oxygen atoms in total. The Kier molecular flexibility index (Phi) is 4.05. The van der Waals surface area contributed by atoms with Crippen LogP contribution in [0.15, 0.2) is 54.6 Å². The third-order valence-corrected chi connectivity index (χ3v) is 3.98. The van der Waals surface area contributed by atoms with Gasteiger partial charge in [0.1, 0.15) is 5.52 Å². The average Bonchev–Trinajstić information content (AvgIpc) is 2.92. The summed E-state index contributed by atoms with van der Waals surface area (Å²) in [6.07, 6.45) is 1.94. The van der Waals surface area contributed by atoms with Gasteiger partial charge in [0.05, 0.1) is 12.1 Å². The van der Waals surface area contributed by atoms with Crippen LogP contribution < -0.4 is 0 Å². The second kappa shape index (κ2) is 6.14. The van der Waals surface area contributed by atoms with Crippen LogP contribution in [0.4, 0.5) is 0 Å². The first-order valence-corrected chi connectivity index (χ1v) is 7.70. The van der Waals surface area contributed by atoms with Crippen LogP contribution >= 0.6 is 0 Å². The van der Waals surface area contributed by atoms with E-state index >= 15 is 0 Å². The van der Waals surface area contributed by atoms with Crippen molar-refractivity contribution in [2.24, 2.45) is 0 Å². The molecule has 0 unspecified atom stereocenters. The number of allylic oxidation sites excluding steroid dienone is 1. The largest absolute Gasteiger partial charge is 0.241 e. The van der Waals surface area contributed by atoms with E-state index in [2.05, 4.69) is 48.9 Å². The molecule has 0 atom stereocenters. The third kappa shape index (κ3) is 2.93. The minimum Gasteiger partial charge on any atom is -0.241 e. The molecule has 0 spiro atoms. The molecular formula is C19H21N3. The second-order valence-corrected chi connectivity index (χ2v) is 5.79. The number of hydrogen-bond donors (Lipinski definition) is 0. The summed E-state index contributed by atoms with van der Waals surface area (Å²) < 4.78 is 1.93. The van der Waals surface area contributed by atoms with Gasteiger partial charge >= 0.3 is 0 Å². The third-order valence-electron chi connectivity index (χ3n) is 3.98. The molecule has 3 heteroatoms. The molecule has 0 saturated carbocycles. The van der Waals surface area contributed by atoms with Crippen molar-refractivity contribution in [3.8, 4) is 0 Å². The fraction of sp³-hybridized carbons (Fsp3) is 0.263. The highest BCUT2D eigenvalue weighted by Crippen LogP contribution is 2.18. The van der Waals surface area contributed by atoms with Crippen molar-refractivity contribution < 1.29 is 0 Å². The van der Waals surface area contributed by atoms with Crippen molar-refractivity contribution >= 4 is 11.0 Å². The van der Waals surface area contributed by atoms with E-state index in [1.807, 2.05) is 28.9 Å². The maximum Gasteiger partial charge on any atom is 0.113 e. The summed E-state index contributed by atoms with van der Waals surface area (Å²) in [5.41, 5.74) is 7.22. The minimum absolute atomic E-state index is 0.706. The number of rotatable bonds is 5. The van der Waals surface area contributed by atoms with Crippen molar-refractivity contribution in [2.75, 3.05) is 0 Å². The molecule has 0 aliphatic rings. The second-order valence-electron chi connectivity index (χ2n) is 5.79. The van der Waals surface area contributed by atoms with E-state index in [0.717, 1.165) is 29.4 Å². The standard InChI is InChI=1S/C19H21N3/c1-4-16-11-14(2)9-10-17(16)12-15(3)13-22-19-8-6-5-7-18(19)20-21-22/h5-11H,3-4,12-13H2,1-2H3. The summed E-state index contributed by atoms with van der Waals surface area (Å²) >= 11 is 0. The first-order chi connectivity index (χ1) is 10.7. The van der Waals surface area contributed by atoms with Gasteiger partial charge in [0.25, 0.3) is 0 Å². The van der Waals surface area contributed by atoms with E-state index in [9.17, 15) is 0 Å². The van der Waals surface area contributed by atoms with E-state index in [1.54, 1.807) is 0 Å². The Morgan fingerprint density at radius 3 is 2.77 bits per heavy atom. The molecule has 0 radical (unpaired) electrons. The van der Waals surface area contributed by atoms with Crippen LogP contribution in [-0.2, 0) is 19.4 Å². The predicted molar refractivity (Wildman–Crippen MR) is 90.9 cm³/mol. The average molecular weight is 291 g/mol. The highest BCUT2D eigenvalue weighted by molar-refractivity contribution is 5.73. The van der Waals surface area contributed by atoms with E-state index in [1.165, 1.54) is 16.7 Å². The van der Waals surface area contributed by atoms with Gasteiger partial charge in [-0.1, -0.05) is 60.2 Å². The lowest BCUT2D eigenvalue weighted by Gasteiger charge is -2.11. The molecule has 0 aliphatic heterocycles. The first kappa shape index (κ1) is 14.5. The molecule has 0 amide bonds. The normalized spacial score (nSPS) is 11.0. The SMILES string of the molecule is C=C(Cc1ccc(C)cc1CC)Cn1nnc2ccccc21. The summed E-state index contributed by atoms with van der Waals surface area (Å²) in [7, 11) is 0. The van der Waals surface area contributed by atoms with Crippen molar-refractivity contribution in [1.29, 1.82) is 0 Å². The Balaban J connectivity index is 1.78. The number of aryl methyl sites for hydroxylation is 2. The van der Waals surface area contributed by atoms with Gasteiger partial charge in [-0.2, -0.15) is 0 Å². The van der Waals surface area contributed by atoms with Crippen molar-refractivity contribution in [3.05, 3.63) is 71.3 Å². The van der Waals surface area contributed by atoms with Gasteiger partial charge in [0.15, 0.2) is 0 Å². The quantitative estimate of drug-likeness (QED) is 0.663. The fourth-order valence-electron chi connectivity index (χ4n) is 2.83. The van der Waals surface area contributed by atoms with Gasteiger partial charge in [-0.15, -0.1) is 5.10 Å². The van der Waals surface area contributed by atoms with Crippen LogP contribution in [0.2, 0.25) is 0 Å². The topological polar surface area (TPSA) is 30.7 Å². The maximum atomic E-state index is 4.24. The lowest BCUT2D eigenvalue weighted by Crippen LogP contribution is -2.05. The van der Waals surface area contributed by atoms with Gasteiger partial charge in [-0.3, -0.25) is 0 Å². The van der Waals surface area contributed by atoms with E-state index in [0.29, 0.717) is 6.54 Å². The molecule has 1 aromatic heterocycles. The van der Waals surface area contributed by atoms with Crippen LogP contribution in [0.3, 0.4) is 0 Å². The van der Waals surface area contributed by atoms with Gasteiger partial charge in [-0.05, 0) is 43.0 Å². The summed E-state index contributed by atoms with van der Waals surface area (Å²) in [5, 5.41) is 8.44. The molecule has 0 bridgehead atoms. The van der Waals surface area contributed by atoms with Crippen LogP contribution in [-0.4, -0.2) is 15.0 Å². The molecule has 0 N–H and O–H groups in total. The van der Waals surface area contributed by atoms with Crippen molar-refractivity contribution in [1.82, 2.24) is 15.0 Å². The molecule has 0 saturated heterocycles. The van der Waals surface area contributed by atoms with E-state index in [-0.39, 0.29) is 0 Å². The summed E-state index contributed by atoms with van der Waals surface area (Å²) in [6.45, 7) is 9.29. The molecule has 0 fully saturated rings. The number of aromatic nitrogens is 3. The zero-order valence-corrected chi connectivity index (χ0v) is 13.2. The summed E-state index contributed by atoms with van der Waals surface area (Å²) in [6, 6.07) is 14.7. The van der Waals surface area contributed by atoms with E-state index in [4.69, 9.17) is 0 Å². The minimum atomic E-state index is 0.706. The van der Waals surface area contributed by atoms with Crippen LogP contribution in [0.25, 0.3) is 11.0 Å². The Labute approximate surface area is 131 Å². The van der Waals surface area contributed by atoms with Gasteiger partial charge in [0.2, 0.25) is 0 Å². The van der Waals surface area contributed by atoms with Crippen LogP contribution in [0.5, 0.6) is 0 Å². The number of nitrogens with zero attached hydrogens (tertiary/aromatic N) is 3. The Morgan fingerprint density at radius 1 is 1.14 bits per heavy atom. The van der Waals surface area contributed by atoms with Crippen LogP contribution in [0, 0.1) is 6.92 Å². The fourth-order valence-corrected chi connectivity index (χ4v) is 2.83. The monoisotopic (exact) mass is 291 g/mol. The van der Waals surface area contributed by atoms with Gasteiger partial charge in [-0.25, -0.2) is 4.68 Å². The maximum absolute atomic E-state index is 4.24. The highest BCUT2D eigenvalue weighted by Gasteiger charge is 2.07. The number of hydrogen-bond acceptors (Lipinski definition) is 2. The Hall–Kier alpha value is -2.42. The number of para-hydroxylation sites is 1. The smallest absolute Gasteiger partial charge is 0.113 e. The van der Waals surface area contributed by atoms with Crippen LogP contribution in [0.1, 0.15) is 23.6 Å². The molecule has 3 aromatic rings. The molecule has 2 aromatic carbocycles. The van der Waals surface area contributed by atoms with Crippen molar-refractivity contribution in [3.63, 3.8) is 0 Å². The predicted octanol–water partition coefficient (Wildman–Crippen LogP) is 4.10. The molecular weight excluding hydrogens is 270 g/mol. The van der Waals surface area contributed by atoms with Gasteiger partial charge in [0, 0.05) is 0 Å². The van der Waals surface area contributed by atoms with E-state index < -0.39 is 0 Å². The molecule has 0 aliphatic carbocycles.